The lowest BCUT2D eigenvalue weighted by Gasteiger charge is -2.24. The van der Waals surface area contributed by atoms with Gasteiger partial charge in [0.1, 0.15) is 0 Å². The number of methoxy groups -OCH3 is 1. The van der Waals surface area contributed by atoms with Crippen LogP contribution in [0.4, 0.5) is 0 Å². The van der Waals surface area contributed by atoms with Gasteiger partial charge in [-0.05, 0) is 25.7 Å². The maximum absolute atomic E-state index is 11.4. The molecule has 1 aliphatic rings. The van der Waals surface area contributed by atoms with Crippen LogP contribution in [0.15, 0.2) is 4.42 Å². The molecule has 0 spiro atoms. The number of hydrogen-bond donors (Lipinski definition) is 0. The fourth-order valence-corrected chi connectivity index (χ4v) is 2.39. The molecule has 0 N–H and O–H groups in total. The summed E-state index contributed by atoms with van der Waals surface area (Å²) in [4.78, 5) is 11.4. The Labute approximate surface area is 107 Å². The number of esters is 1. The van der Waals surface area contributed by atoms with Crippen molar-refractivity contribution in [3.8, 4) is 0 Å². The minimum absolute atomic E-state index is 0.0405. The summed E-state index contributed by atoms with van der Waals surface area (Å²) >= 11 is 0. The van der Waals surface area contributed by atoms with Gasteiger partial charge in [0.2, 0.25) is 11.8 Å². The minimum atomic E-state index is -0.0955. The van der Waals surface area contributed by atoms with E-state index < -0.39 is 0 Å². The summed E-state index contributed by atoms with van der Waals surface area (Å²) in [6.07, 6.45) is 3.52. The summed E-state index contributed by atoms with van der Waals surface area (Å²) in [6.45, 7) is 4.07. The van der Waals surface area contributed by atoms with Gasteiger partial charge in [0.15, 0.2) is 0 Å². The van der Waals surface area contributed by atoms with E-state index in [0.29, 0.717) is 11.8 Å². The molecule has 1 aliphatic carbocycles. The zero-order valence-electron chi connectivity index (χ0n) is 11.2. The van der Waals surface area contributed by atoms with Gasteiger partial charge in [0.05, 0.1) is 13.0 Å². The zero-order chi connectivity index (χ0) is 13.1. The van der Waals surface area contributed by atoms with E-state index in [4.69, 9.17) is 9.15 Å². The highest BCUT2D eigenvalue weighted by atomic mass is 16.5. The van der Waals surface area contributed by atoms with Crippen molar-refractivity contribution in [3.05, 3.63) is 11.8 Å². The highest BCUT2D eigenvalue weighted by Gasteiger charge is 2.30. The molecule has 0 atom stereocenters. The molecule has 0 saturated heterocycles. The van der Waals surface area contributed by atoms with E-state index in [9.17, 15) is 4.79 Å². The fraction of sp³-hybridized carbons (Fsp3) is 0.769. The summed E-state index contributed by atoms with van der Waals surface area (Å²) in [7, 11) is 1.45. The average molecular weight is 252 g/mol. The number of nitrogens with zero attached hydrogens (tertiary/aromatic N) is 2. The molecule has 5 heteroatoms. The van der Waals surface area contributed by atoms with Crippen LogP contribution in [-0.4, -0.2) is 23.3 Å². The number of carbonyl (C=O) groups is 1. The first kappa shape index (κ1) is 13.1. The second-order valence-electron chi connectivity index (χ2n) is 5.20. The number of hydrogen-bond acceptors (Lipinski definition) is 5. The van der Waals surface area contributed by atoms with E-state index in [-0.39, 0.29) is 17.8 Å². The number of carbonyl (C=O) groups excluding carboxylic acids is 1. The first-order valence-electron chi connectivity index (χ1n) is 6.53. The Bertz CT molecular complexity index is 406. The topological polar surface area (TPSA) is 65.2 Å². The lowest BCUT2D eigenvalue weighted by atomic mass is 9.82. The summed E-state index contributed by atoms with van der Waals surface area (Å²) in [5.74, 6) is 1.92. The number of aromatic nitrogens is 2. The molecule has 0 aromatic carbocycles. The van der Waals surface area contributed by atoms with E-state index >= 15 is 0 Å². The predicted octanol–water partition coefficient (Wildman–Crippen LogP) is 2.64. The van der Waals surface area contributed by atoms with Crippen molar-refractivity contribution in [1.29, 1.82) is 0 Å². The van der Waals surface area contributed by atoms with Gasteiger partial charge >= 0.3 is 5.97 Å². The lowest BCUT2D eigenvalue weighted by Crippen LogP contribution is -2.22. The Balaban J connectivity index is 1.94. The molecule has 1 aromatic rings. The van der Waals surface area contributed by atoms with Crippen LogP contribution in [0.25, 0.3) is 0 Å². The van der Waals surface area contributed by atoms with Crippen LogP contribution in [-0.2, 0) is 9.53 Å². The van der Waals surface area contributed by atoms with Crippen molar-refractivity contribution >= 4 is 5.97 Å². The average Bonchev–Trinajstić information content (AvgIpc) is 2.88. The SMILES string of the molecule is COC(=O)C1CCC(c2nnc(C(C)C)o2)CC1. The highest BCUT2D eigenvalue weighted by molar-refractivity contribution is 5.72. The van der Waals surface area contributed by atoms with Gasteiger partial charge in [-0.2, -0.15) is 0 Å². The van der Waals surface area contributed by atoms with Crippen LogP contribution >= 0.6 is 0 Å². The van der Waals surface area contributed by atoms with Crippen LogP contribution in [0.5, 0.6) is 0 Å². The van der Waals surface area contributed by atoms with Gasteiger partial charge in [0.25, 0.3) is 0 Å². The maximum Gasteiger partial charge on any atom is 0.308 e. The standard InChI is InChI=1S/C13H20N2O3/c1-8(2)11-14-15-12(18-11)9-4-6-10(7-5-9)13(16)17-3/h8-10H,4-7H2,1-3H3. The first-order valence-corrected chi connectivity index (χ1v) is 6.53. The Morgan fingerprint density at radius 2 is 1.94 bits per heavy atom. The summed E-state index contributed by atoms with van der Waals surface area (Å²) in [5, 5.41) is 8.17. The normalized spacial score (nSPS) is 24.2. The molecule has 0 bridgehead atoms. The molecule has 18 heavy (non-hydrogen) atoms. The van der Waals surface area contributed by atoms with Crippen molar-refractivity contribution in [2.24, 2.45) is 5.92 Å². The molecule has 1 heterocycles. The summed E-state index contributed by atoms with van der Waals surface area (Å²) in [5.41, 5.74) is 0. The third-order valence-electron chi connectivity index (χ3n) is 3.56. The first-order chi connectivity index (χ1) is 8.61. The van der Waals surface area contributed by atoms with E-state index in [2.05, 4.69) is 10.2 Å². The van der Waals surface area contributed by atoms with Gasteiger partial charge in [0, 0.05) is 11.8 Å². The second-order valence-corrected chi connectivity index (χ2v) is 5.20. The van der Waals surface area contributed by atoms with Crippen LogP contribution in [0.2, 0.25) is 0 Å². The highest BCUT2D eigenvalue weighted by Crippen LogP contribution is 2.35. The van der Waals surface area contributed by atoms with Crippen LogP contribution < -0.4 is 0 Å². The molecule has 0 aliphatic heterocycles. The Hall–Kier alpha value is -1.39. The monoisotopic (exact) mass is 252 g/mol. The zero-order valence-corrected chi connectivity index (χ0v) is 11.2. The molecular weight excluding hydrogens is 232 g/mol. The van der Waals surface area contributed by atoms with Crippen molar-refractivity contribution in [1.82, 2.24) is 10.2 Å². The van der Waals surface area contributed by atoms with E-state index in [1.807, 2.05) is 13.8 Å². The molecule has 0 radical (unpaired) electrons. The van der Waals surface area contributed by atoms with E-state index in [1.165, 1.54) is 7.11 Å². The predicted molar refractivity (Wildman–Crippen MR) is 65.1 cm³/mol. The van der Waals surface area contributed by atoms with Gasteiger partial charge in [-0.25, -0.2) is 0 Å². The second kappa shape index (κ2) is 5.50. The van der Waals surface area contributed by atoms with E-state index in [1.54, 1.807) is 0 Å². The number of ether oxygens (including phenoxy) is 1. The fourth-order valence-electron chi connectivity index (χ4n) is 2.39. The summed E-state index contributed by atoms with van der Waals surface area (Å²) < 4.78 is 10.4. The molecule has 5 nitrogen and oxygen atoms in total. The quantitative estimate of drug-likeness (QED) is 0.774. The molecule has 1 saturated carbocycles. The molecule has 2 rings (SSSR count). The Morgan fingerprint density at radius 3 is 2.44 bits per heavy atom. The van der Waals surface area contributed by atoms with Gasteiger partial charge < -0.3 is 9.15 Å². The third kappa shape index (κ3) is 2.71. The van der Waals surface area contributed by atoms with Crippen molar-refractivity contribution < 1.29 is 13.9 Å². The molecule has 0 amide bonds. The molecular formula is C13H20N2O3. The van der Waals surface area contributed by atoms with Crippen molar-refractivity contribution in [3.63, 3.8) is 0 Å². The van der Waals surface area contributed by atoms with Crippen LogP contribution in [0.1, 0.15) is 63.1 Å². The smallest absolute Gasteiger partial charge is 0.308 e. The van der Waals surface area contributed by atoms with Gasteiger partial charge in [-0.3, -0.25) is 4.79 Å². The van der Waals surface area contributed by atoms with E-state index in [0.717, 1.165) is 31.6 Å². The van der Waals surface area contributed by atoms with Crippen molar-refractivity contribution in [2.75, 3.05) is 7.11 Å². The van der Waals surface area contributed by atoms with Gasteiger partial charge in [-0.15, -0.1) is 10.2 Å². The third-order valence-corrected chi connectivity index (χ3v) is 3.56. The van der Waals surface area contributed by atoms with Crippen LogP contribution in [0, 0.1) is 5.92 Å². The molecule has 100 valence electrons. The number of rotatable bonds is 3. The largest absolute Gasteiger partial charge is 0.469 e. The maximum atomic E-state index is 11.4. The lowest BCUT2D eigenvalue weighted by molar-refractivity contribution is -0.146. The Morgan fingerprint density at radius 1 is 1.28 bits per heavy atom. The Kier molecular flexibility index (Phi) is 3.99. The molecule has 0 unspecified atom stereocenters. The summed E-state index contributed by atoms with van der Waals surface area (Å²) in [6, 6.07) is 0. The molecule has 1 fully saturated rings. The van der Waals surface area contributed by atoms with Crippen LogP contribution in [0.3, 0.4) is 0 Å². The van der Waals surface area contributed by atoms with Gasteiger partial charge in [-0.1, -0.05) is 13.8 Å². The van der Waals surface area contributed by atoms with Crippen molar-refractivity contribution in [2.45, 2.75) is 51.4 Å². The minimum Gasteiger partial charge on any atom is -0.469 e. The molecule has 1 aromatic heterocycles.